The minimum atomic E-state index is -2.85. The third kappa shape index (κ3) is 5.64. The van der Waals surface area contributed by atoms with E-state index in [9.17, 15) is 13.9 Å². The first-order chi connectivity index (χ1) is 9.02. The number of rotatable bonds is 7. The molecule has 0 aromatic heterocycles. The Morgan fingerprint density at radius 2 is 2.00 bits per heavy atom. The van der Waals surface area contributed by atoms with Gasteiger partial charge in [-0.05, 0) is 24.7 Å². The zero-order valence-corrected chi connectivity index (χ0v) is 10.6. The second-order valence-corrected chi connectivity index (χ2v) is 4.13. The monoisotopic (exact) mass is 270 g/mol. The van der Waals surface area contributed by atoms with Crippen molar-refractivity contribution in [2.24, 2.45) is 0 Å². The molecule has 0 amide bonds. The molecule has 1 aromatic carbocycles. The molecule has 0 aliphatic carbocycles. The van der Waals surface area contributed by atoms with Gasteiger partial charge in [0, 0.05) is 19.5 Å². The maximum absolute atomic E-state index is 12.0. The number of aliphatic hydroxyl groups is 1. The summed E-state index contributed by atoms with van der Waals surface area (Å²) in [5.41, 5.74) is 0.616. The van der Waals surface area contributed by atoms with E-state index < -0.39 is 12.7 Å². The molecule has 19 heavy (non-hydrogen) atoms. The van der Waals surface area contributed by atoms with Gasteiger partial charge in [-0.15, -0.1) is 0 Å². The number of aliphatic hydroxyl groups excluding tert-OH is 1. The van der Waals surface area contributed by atoms with Crippen LogP contribution in [-0.4, -0.2) is 36.8 Å². The SMILES string of the molecule is CN(CCC#N)CC(O)c1ccc(OC(F)F)cc1. The number of benzene rings is 1. The average molecular weight is 270 g/mol. The average Bonchev–Trinajstić information content (AvgIpc) is 2.36. The summed E-state index contributed by atoms with van der Waals surface area (Å²) in [4.78, 5) is 1.83. The number of hydrogen-bond donors (Lipinski definition) is 1. The molecule has 0 saturated carbocycles. The van der Waals surface area contributed by atoms with E-state index in [0.29, 0.717) is 25.1 Å². The van der Waals surface area contributed by atoms with Crippen molar-refractivity contribution in [3.63, 3.8) is 0 Å². The number of likely N-dealkylation sites (N-methyl/N-ethyl adjacent to an activating group) is 1. The van der Waals surface area contributed by atoms with Crippen LogP contribution in [0.4, 0.5) is 8.78 Å². The quantitative estimate of drug-likeness (QED) is 0.825. The van der Waals surface area contributed by atoms with Crippen LogP contribution in [-0.2, 0) is 0 Å². The Labute approximate surface area is 110 Å². The molecule has 0 fully saturated rings. The maximum atomic E-state index is 12.0. The van der Waals surface area contributed by atoms with Crippen molar-refractivity contribution in [1.82, 2.24) is 4.90 Å². The number of alkyl halides is 2. The molecule has 6 heteroatoms. The van der Waals surface area contributed by atoms with E-state index in [2.05, 4.69) is 4.74 Å². The van der Waals surface area contributed by atoms with Crippen LogP contribution in [0, 0.1) is 11.3 Å². The second-order valence-electron chi connectivity index (χ2n) is 4.13. The Bertz CT molecular complexity index is 418. The Hall–Kier alpha value is -1.71. The molecule has 0 aliphatic rings. The van der Waals surface area contributed by atoms with Crippen LogP contribution in [0.25, 0.3) is 0 Å². The highest BCUT2D eigenvalue weighted by Gasteiger charge is 2.11. The summed E-state index contributed by atoms with van der Waals surface area (Å²) in [6.07, 6.45) is -0.339. The van der Waals surface area contributed by atoms with Gasteiger partial charge < -0.3 is 14.7 Å². The van der Waals surface area contributed by atoms with E-state index in [0.717, 1.165) is 0 Å². The minimum absolute atomic E-state index is 0.0591. The van der Waals surface area contributed by atoms with E-state index in [-0.39, 0.29) is 5.75 Å². The minimum Gasteiger partial charge on any atom is -0.435 e. The van der Waals surface area contributed by atoms with Crippen molar-refractivity contribution in [2.45, 2.75) is 19.1 Å². The summed E-state index contributed by atoms with van der Waals surface area (Å²) in [5, 5.41) is 18.4. The summed E-state index contributed by atoms with van der Waals surface area (Å²) in [6.45, 7) is -1.91. The van der Waals surface area contributed by atoms with E-state index >= 15 is 0 Å². The number of nitrogens with zero attached hydrogens (tertiary/aromatic N) is 2. The van der Waals surface area contributed by atoms with Gasteiger partial charge in [0.1, 0.15) is 5.75 Å². The van der Waals surface area contributed by atoms with E-state index in [1.54, 1.807) is 19.2 Å². The van der Waals surface area contributed by atoms with Crippen LogP contribution >= 0.6 is 0 Å². The van der Waals surface area contributed by atoms with E-state index in [4.69, 9.17) is 5.26 Å². The van der Waals surface area contributed by atoms with E-state index in [1.165, 1.54) is 12.1 Å². The second kappa shape index (κ2) is 7.67. The first kappa shape index (κ1) is 15.3. The van der Waals surface area contributed by atoms with Gasteiger partial charge in [-0.25, -0.2) is 0 Å². The van der Waals surface area contributed by atoms with Crippen LogP contribution in [0.2, 0.25) is 0 Å². The van der Waals surface area contributed by atoms with Crippen LogP contribution in [0.1, 0.15) is 18.1 Å². The summed E-state index contributed by atoms with van der Waals surface area (Å²) < 4.78 is 28.2. The van der Waals surface area contributed by atoms with Gasteiger partial charge in [0.15, 0.2) is 0 Å². The highest BCUT2D eigenvalue weighted by molar-refractivity contribution is 5.28. The summed E-state index contributed by atoms with van der Waals surface area (Å²) >= 11 is 0. The predicted molar refractivity (Wildman–Crippen MR) is 65.8 cm³/mol. The number of halogens is 2. The molecule has 1 unspecified atom stereocenters. The molecule has 1 rings (SSSR count). The lowest BCUT2D eigenvalue weighted by molar-refractivity contribution is -0.0498. The Balaban J connectivity index is 2.53. The Kier molecular flexibility index (Phi) is 6.19. The smallest absolute Gasteiger partial charge is 0.387 e. The molecule has 0 radical (unpaired) electrons. The highest BCUT2D eigenvalue weighted by Crippen LogP contribution is 2.19. The fourth-order valence-electron chi connectivity index (χ4n) is 1.60. The Morgan fingerprint density at radius 3 is 2.53 bits per heavy atom. The fourth-order valence-corrected chi connectivity index (χ4v) is 1.60. The van der Waals surface area contributed by atoms with Gasteiger partial charge in [0.05, 0.1) is 12.2 Å². The van der Waals surface area contributed by atoms with Crippen molar-refractivity contribution in [1.29, 1.82) is 5.26 Å². The first-order valence-corrected chi connectivity index (χ1v) is 5.81. The number of hydrogen-bond acceptors (Lipinski definition) is 4. The molecule has 0 spiro atoms. The molecule has 0 heterocycles. The van der Waals surface area contributed by atoms with Crippen molar-refractivity contribution in [2.75, 3.05) is 20.1 Å². The van der Waals surface area contributed by atoms with Gasteiger partial charge in [-0.3, -0.25) is 0 Å². The third-order valence-corrected chi connectivity index (χ3v) is 2.58. The van der Waals surface area contributed by atoms with Gasteiger partial charge in [0.2, 0.25) is 0 Å². The number of ether oxygens (including phenoxy) is 1. The van der Waals surface area contributed by atoms with Crippen molar-refractivity contribution in [3.05, 3.63) is 29.8 Å². The molecule has 0 bridgehead atoms. The standard InChI is InChI=1S/C13H16F2N2O2/c1-17(8-2-7-16)9-12(18)10-3-5-11(6-4-10)19-13(14)15/h3-6,12-13,18H,2,8-9H2,1H3. The zero-order chi connectivity index (χ0) is 14.3. The van der Waals surface area contributed by atoms with Crippen LogP contribution < -0.4 is 4.74 Å². The highest BCUT2D eigenvalue weighted by atomic mass is 19.3. The Morgan fingerprint density at radius 1 is 1.37 bits per heavy atom. The lowest BCUT2D eigenvalue weighted by atomic mass is 10.1. The third-order valence-electron chi connectivity index (χ3n) is 2.58. The summed E-state index contributed by atoms with van der Waals surface area (Å²) in [6, 6.07) is 7.89. The molecular formula is C13H16F2N2O2. The normalized spacial score (nSPS) is 12.5. The lowest BCUT2D eigenvalue weighted by Gasteiger charge is -2.19. The predicted octanol–water partition coefficient (Wildman–Crippen LogP) is 2.17. The molecule has 104 valence electrons. The van der Waals surface area contributed by atoms with Gasteiger partial charge >= 0.3 is 6.61 Å². The van der Waals surface area contributed by atoms with Crippen LogP contribution in [0.15, 0.2) is 24.3 Å². The molecular weight excluding hydrogens is 254 g/mol. The summed E-state index contributed by atoms with van der Waals surface area (Å²) in [5.74, 6) is 0.0591. The molecule has 1 atom stereocenters. The van der Waals surface area contributed by atoms with Crippen molar-refractivity contribution < 1.29 is 18.6 Å². The topological polar surface area (TPSA) is 56.5 Å². The molecule has 1 N–H and O–H groups in total. The lowest BCUT2D eigenvalue weighted by Crippen LogP contribution is -2.25. The fraction of sp³-hybridized carbons (Fsp3) is 0.462. The van der Waals surface area contributed by atoms with Gasteiger partial charge in [-0.1, -0.05) is 12.1 Å². The summed E-state index contributed by atoms with van der Waals surface area (Å²) in [7, 11) is 1.80. The van der Waals surface area contributed by atoms with Crippen LogP contribution in [0.5, 0.6) is 5.75 Å². The maximum Gasteiger partial charge on any atom is 0.387 e. The number of nitriles is 1. The van der Waals surface area contributed by atoms with Gasteiger partial charge in [-0.2, -0.15) is 14.0 Å². The molecule has 1 aromatic rings. The van der Waals surface area contributed by atoms with Gasteiger partial charge in [0.25, 0.3) is 0 Å². The largest absolute Gasteiger partial charge is 0.435 e. The molecule has 0 aliphatic heterocycles. The van der Waals surface area contributed by atoms with Crippen molar-refractivity contribution >= 4 is 0 Å². The van der Waals surface area contributed by atoms with E-state index in [1.807, 2.05) is 11.0 Å². The molecule has 0 saturated heterocycles. The first-order valence-electron chi connectivity index (χ1n) is 5.81. The van der Waals surface area contributed by atoms with Crippen LogP contribution in [0.3, 0.4) is 0 Å². The molecule has 4 nitrogen and oxygen atoms in total. The van der Waals surface area contributed by atoms with Crippen molar-refractivity contribution in [3.8, 4) is 11.8 Å². The zero-order valence-electron chi connectivity index (χ0n) is 10.6.